The second-order valence-corrected chi connectivity index (χ2v) is 11.3. The van der Waals surface area contributed by atoms with Gasteiger partial charge in [0.05, 0.1) is 12.2 Å². The molecule has 4 unspecified atom stereocenters. The van der Waals surface area contributed by atoms with Crippen molar-refractivity contribution < 1.29 is 14.3 Å². The van der Waals surface area contributed by atoms with Crippen molar-refractivity contribution >= 4 is 5.78 Å². The molecular weight excluding hydrogens is 324 g/mol. The number of ketones is 1. The molecule has 0 aromatic heterocycles. The van der Waals surface area contributed by atoms with Crippen molar-refractivity contribution in [3.05, 3.63) is 0 Å². The SMILES string of the molecule is C[C@H]1CC[C@]2(C)C3CC[C@]4(C)C(=O)CCC4C3[C@H]3OC(C)(C)O[C@@H]3C2C1. The lowest BCUT2D eigenvalue weighted by Gasteiger charge is -2.62. The highest BCUT2D eigenvalue weighted by atomic mass is 16.8. The average molecular weight is 361 g/mol. The summed E-state index contributed by atoms with van der Waals surface area (Å²) >= 11 is 0. The zero-order valence-corrected chi connectivity index (χ0v) is 17.2. The lowest BCUT2D eigenvalue weighted by Crippen LogP contribution is -2.63. The van der Waals surface area contributed by atoms with Crippen molar-refractivity contribution in [2.24, 2.45) is 40.4 Å². The summed E-state index contributed by atoms with van der Waals surface area (Å²) in [7, 11) is 0. The van der Waals surface area contributed by atoms with E-state index in [0.29, 0.717) is 34.9 Å². The highest BCUT2D eigenvalue weighted by molar-refractivity contribution is 5.87. The molecule has 0 amide bonds. The molecule has 5 fully saturated rings. The van der Waals surface area contributed by atoms with Crippen LogP contribution in [-0.4, -0.2) is 23.8 Å². The quantitative estimate of drug-likeness (QED) is 0.611. The van der Waals surface area contributed by atoms with Gasteiger partial charge in [-0.05, 0) is 81.0 Å². The molecule has 0 aromatic rings. The third-order valence-electron chi connectivity index (χ3n) is 9.51. The average Bonchev–Trinajstić information content (AvgIpc) is 3.05. The van der Waals surface area contributed by atoms with Gasteiger partial charge in [-0.1, -0.05) is 27.2 Å². The van der Waals surface area contributed by atoms with Crippen molar-refractivity contribution in [2.45, 2.75) is 97.6 Å². The van der Waals surface area contributed by atoms with Gasteiger partial charge in [-0.25, -0.2) is 0 Å². The van der Waals surface area contributed by atoms with Gasteiger partial charge in [-0.15, -0.1) is 0 Å². The standard InChI is InChI=1S/C23H36O3/c1-13-8-10-22(4)15-9-11-23(5)14(6-7-17(23)24)18(15)20-19(16(22)12-13)25-21(2,3)26-20/h13-16,18-20H,6-12H2,1-5H3/t13-,14?,15?,16?,18?,19+,20+,22+,23-/m0/s1. The maximum Gasteiger partial charge on any atom is 0.163 e. The molecule has 4 saturated carbocycles. The Hall–Kier alpha value is -0.410. The second-order valence-electron chi connectivity index (χ2n) is 11.3. The first-order valence-electron chi connectivity index (χ1n) is 11.0. The lowest BCUT2D eigenvalue weighted by molar-refractivity contribution is -0.181. The summed E-state index contributed by atoms with van der Waals surface area (Å²) in [6.45, 7) is 11.4. The summed E-state index contributed by atoms with van der Waals surface area (Å²) in [6.07, 6.45) is 8.51. The molecular formula is C23H36O3. The van der Waals surface area contributed by atoms with E-state index in [9.17, 15) is 4.79 Å². The van der Waals surface area contributed by atoms with E-state index in [1.54, 1.807) is 0 Å². The minimum absolute atomic E-state index is 0.104. The van der Waals surface area contributed by atoms with Gasteiger partial charge in [0.2, 0.25) is 0 Å². The Kier molecular flexibility index (Phi) is 3.63. The van der Waals surface area contributed by atoms with Gasteiger partial charge in [0, 0.05) is 11.8 Å². The van der Waals surface area contributed by atoms with Crippen LogP contribution in [0.4, 0.5) is 0 Å². The summed E-state index contributed by atoms with van der Waals surface area (Å²) in [4.78, 5) is 12.8. The van der Waals surface area contributed by atoms with Gasteiger partial charge in [0.1, 0.15) is 5.78 Å². The van der Waals surface area contributed by atoms with Crippen LogP contribution in [0.3, 0.4) is 0 Å². The molecule has 4 aliphatic carbocycles. The fourth-order valence-electron chi connectivity index (χ4n) is 8.15. The van der Waals surface area contributed by atoms with E-state index < -0.39 is 5.79 Å². The number of carbonyl (C=O) groups excluding carboxylic acids is 1. The Bertz CT molecular complexity index is 627. The highest BCUT2D eigenvalue weighted by Crippen LogP contribution is 2.68. The molecule has 0 radical (unpaired) electrons. The Morgan fingerprint density at radius 1 is 0.885 bits per heavy atom. The van der Waals surface area contributed by atoms with Gasteiger partial charge in [-0.3, -0.25) is 4.79 Å². The third kappa shape index (κ3) is 2.16. The zero-order chi connectivity index (χ0) is 18.5. The summed E-state index contributed by atoms with van der Waals surface area (Å²) in [6, 6.07) is 0. The first kappa shape index (κ1) is 17.7. The van der Waals surface area contributed by atoms with Crippen LogP contribution in [0, 0.1) is 40.4 Å². The van der Waals surface area contributed by atoms with Crippen LogP contribution in [0.5, 0.6) is 0 Å². The molecule has 9 atom stereocenters. The topological polar surface area (TPSA) is 35.5 Å². The molecule has 1 heterocycles. The van der Waals surface area contributed by atoms with E-state index in [1.165, 1.54) is 25.7 Å². The van der Waals surface area contributed by atoms with Crippen molar-refractivity contribution in [1.82, 2.24) is 0 Å². The summed E-state index contributed by atoms with van der Waals surface area (Å²) in [5.41, 5.74) is 0.252. The maximum atomic E-state index is 12.8. The number of rotatable bonds is 0. The predicted molar refractivity (Wildman–Crippen MR) is 100 cm³/mol. The highest BCUT2D eigenvalue weighted by Gasteiger charge is 2.68. The first-order valence-corrected chi connectivity index (χ1v) is 11.0. The summed E-state index contributed by atoms with van der Waals surface area (Å²) in [5.74, 6) is 3.13. The van der Waals surface area contributed by atoms with Crippen molar-refractivity contribution in [3.63, 3.8) is 0 Å². The van der Waals surface area contributed by atoms with Crippen LogP contribution in [0.1, 0.15) is 79.6 Å². The summed E-state index contributed by atoms with van der Waals surface area (Å²) in [5, 5.41) is 0. The predicted octanol–water partition coefficient (Wildman–Crippen LogP) is 4.97. The maximum absolute atomic E-state index is 12.8. The first-order chi connectivity index (χ1) is 12.2. The monoisotopic (exact) mass is 360 g/mol. The fourth-order valence-corrected chi connectivity index (χ4v) is 8.15. The molecule has 3 nitrogen and oxygen atoms in total. The number of fused-ring (bicyclic) bond motifs is 8. The largest absolute Gasteiger partial charge is 0.344 e. The fraction of sp³-hybridized carbons (Fsp3) is 0.957. The Morgan fingerprint density at radius 2 is 1.62 bits per heavy atom. The van der Waals surface area contributed by atoms with Gasteiger partial charge >= 0.3 is 0 Å². The van der Waals surface area contributed by atoms with Crippen molar-refractivity contribution in [2.75, 3.05) is 0 Å². The van der Waals surface area contributed by atoms with Crippen LogP contribution in [-0.2, 0) is 14.3 Å². The lowest BCUT2D eigenvalue weighted by atomic mass is 9.43. The number of hydrogen-bond donors (Lipinski definition) is 0. The van der Waals surface area contributed by atoms with Gasteiger partial charge < -0.3 is 9.47 Å². The minimum atomic E-state index is -0.484. The number of Topliss-reactive ketones (excluding diaryl/α,β-unsaturated/α-hetero) is 1. The van der Waals surface area contributed by atoms with E-state index in [-0.39, 0.29) is 17.6 Å². The van der Waals surface area contributed by atoms with E-state index in [4.69, 9.17) is 9.47 Å². The normalized spacial score (nSPS) is 57.9. The van der Waals surface area contributed by atoms with Crippen LogP contribution >= 0.6 is 0 Å². The van der Waals surface area contributed by atoms with Crippen molar-refractivity contribution in [1.29, 1.82) is 0 Å². The van der Waals surface area contributed by atoms with Crippen LogP contribution in [0.25, 0.3) is 0 Å². The third-order valence-corrected chi connectivity index (χ3v) is 9.51. The summed E-state index contributed by atoms with van der Waals surface area (Å²) < 4.78 is 13.2. The molecule has 26 heavy (non-hydrogen) atoms. The van der Waals surface area contributed by atoms with Crippen LogP contribution < -0.4 is 0 Å². The van der Waals surface area contributed by atoms with E-state index >= 15 is 0 Å². The molecule has 5 aliphatic rings. The number of hydrogen-bond acceptors (Lipinski definition) is 3. The Labute approximate surface area is 158 Å². The molecule has 3 heteroatoms. The Morgan fingerprint density at radius 3 is 2.38 bits per heavy atom. The molecule has 1 aliphatic heterocycles. The molecule has 1 saturated heterocycles. The van der Waals surface area contributed by atoms with Crippen LogP contribution in [0.15, 0.2) is 0 Å². The van der Waals surface area contributed by atoms with Gasteiger partial charge in [-0.2, -0.15) is 0 Å². The number of carbonyl (C=O) groups is 1. The van der Waals surface area contributed by atoms with E-state index in [0.717, 1.165) is 25.2 Å². The van der Waals surface area contributed by atoms with Gasteiger partial charge in [0.15, 0.2) is 5.79 Å². The molecule has 0 spiro atoms. The van der Waals surface area contributed by atoms with Crippen molar-refractivity contribution in [3.8, 4) is 0 Å². The smallest absolute Gasteiger partial charge is 0.163 e. The number of ether oxygens (including phenoxy) is 2. The molecule has 0 bridgehead atoms. The minimum Gasteiger partial charge on any atom is -0.344 e. The molecule has 146 valence electrons. The zero-order valence-electron chi connectivity index (χ0n) is 17.2. The Balaban J connectivity index is 1.59. The van der Waals surface area contributed by atoms with E-state index in [1.807, 2.05) is 0 Å². The molecule has 5 rings (SSSR count). The second kappa shape index (κ2) is 5.35. The molecule has 0 N–H and O–H groups in total. The van der Waals surface area contributed by atoms with Crippen LogP contribution in [0.2, 0.25) is 0 Å². The molecule has 0 aromatic carbocycles. The van der Waals surface area contributed by atoms with Gasteiger partial charge in [0.25, 0.3) is 0 Å². The van der Waals surface area contributed by atoms with E-state index in [2.05, 4.69) is 34.6 Å².